The van der Waals surface area contributed by atoms with Gasteiger partial charge in [0.1, 0.15) is 27.6 Å². The number of anilines is 1. The van der Waals surface area contributed by atoms with Gasteiger partial charge in [-0.05, 0) is 58.2 Å². The number of carbonyl (C=O) groups is 2. The molecule has 30 heavy (non-hydrogen) atoms. The molecule has 4 rings (SSSR count). The molecule has 1 fully saturated rings. The van der Waals surface area contributed by atoms with Gasteiger partial charge >= 0.3 is 0 Å². The third kappa shape index (κ3) is 4.14. The first-order valence-corrected chi connectivity index (χ1v) is 10.8. The number of aromatic nitrogens is 2. The largest absolute Gasteiger partial charge is 0.466 e. The third-order valence-corrected chi connectivity index (χ3v) is 6.13. The Labute approximate surface area is 179 Å². The predicted octanol–water partition coefficient (Wildman–Crippen LogP) is 4.36. The van der Waals surface area contributed by atoms with E-state index in [1.165, 1.54) is 11.3 Å². The van der Waals surface area contributed by atoms with Crippen molar-refractivity contribution in [3.05, 3.63) is 52.4 Å². The minimum atomic E-state index is -0.506. The van der Waals surface area contributed by atoms with Crippen LogP contribution in [0.5, 0.6) is 0 Å². The average Bonchev–Trinajstić information content (AvgIpc) is 3.32. The fourth-order valence-corrected chi connectivity index (χ4v) is 4.50. The number of nitrogens with one attached hydrogen (secondary N) is 1. The lowest BCUT2D eigenvalue weighted by atomic mass is 10.00. The molecule has 1 N–H and O–H groups in total. The standard InChI is InChI=1S/C22H24N4O3S/c1-13-11-18(14(2)29-13)22(28)26-10-5-4-9-19(26)20(27)23-17-8-6-7-16(12-17)21-25-24-15(3)30-21/h6-8,11-12,19H,4-5,9-10H2,1-3H3,(H,23,27)/t19-/m0/s1. The monoisotopic (exact) mass is 424 g/mol. The van der Waals surface area contributed by atoms with Gasteiger partial charge in [-0.25, -0.2) is 0 Å². The minimum absolute atomic E-state index is 0.151. The molecule has 1 aliphatic rings. The Morgan fingerprint density at radius 2 is 2.00 bits per heavy atom. The molecule has 3 aromatic rings. The van der Waals surface area contributed by atoms with E-state index < -0.39 is 6.04 Å². The van der Waals surface area contributed by atoms with Gasteiger partial charge in [-0.3, -0.25) is 9.59 Å². The fraction of sp³-hybridized carbons (Fsp3) is 0.364. The van der Waals surface area contributed by atoms with E-state index in [-0.39, 0.29) is 11.8 Å². The van der Waals surface area contributed by atoms with Crippen LogP contribution < -0.4 is 5.32 Å². The Balaban J connectivity index is 1.53. The highest BCUT2D eigenvalue weighted by molar-refractivity contribution is 7.14. The molecule has 7 nitrogen and oxygen atoms in total. The number of amides is 2. The zero-order chi connectivity index (χ0) is 21.3. The van der Waals surface area contributed by atoms with Crippen LogP contribution in [0.15, 0.2) is 34.7 Å². The highest BCUT2D eigenvalue weighted by Gasteiger charge is 2.34. The molecule has 1 aliphatic heterocycles. The van der Waals surface area contributed by atoms with E-state index in [1.54, 1.807) is 17.9 Å². The van der Waals surface area contributed by atoms with E-state index in [0.29, 0.717) is 35.7 Å². The van der Waals surface area contributed by atoms with Crippen LogP contribution in [0.1, 0.15) is 46.1 Å². The lowest BCUT2D eigenvalue weighted by Crippen LogP contribution is -2.50. The lowest BCUT2D eigenvalue weighted by Gasteiger charge is -2.34. The molecule has 0 saturated carbocycles. The summed E-state index contributed by atoms with van der Waals surface area (Å²) in [6.45, 7) is 6.06. The Kier molecular flexibility index (Phi) is 5.67. The summed E-state index contributed by atoms with van der Waals surface area (Å²) < 4.78 is 5.52. The number of furan rings is 1. The van der Waals surface area contributed by atoms with Crippen molar-refractivity contribution in [2.75, 3.05) is 11.9 Å². The second-order valence-electron chi connectivity index (χ2n) is 7.53. The molecule has 8 heteroatoms. The third-order valence-electron chi connectivity index (χ3n) is 5.24. The van der Waals surface area contributed by atoms with Gasteiger partial charge in [0.25, 0.3) is 5.91 Å². The Morgan fingerprint density at radius 3 is 2.70 bits per heavy atom. The van der Waals surface area contributed by atoms with E-state index >= 15 is 0 Å². The number of aryl methyl sites for hydroxylation is 3. The predicted molar refractivity (Wildman–Crippen MR) is 116 cm³/mol. The van der Waals surface area contributed by atoms with Gasteiger partial charge in [-0.2, -0.15) is 0 Å². The molecule has 0 spiro atoms. The summed E-state index contributed by atoms with van der Waals surface area (Å²) in [7, 11) is 0. The molecule has 3 heterocycles. The van der Waals surface area contributed by atoms with E-state index in [9.17, 15) is 9.59 Å². The topological polar surface area (TPSA) is 88.3 Å². The number of rotatable bonds is 4. The van der Waals surface area contributed by atoms with Crippen LogP contribution in [0.4, 0.5) is 5.69 Å². The summed E-state index contributed by atoms with van der Waals surface area (Å²) in [5, 5.41) is 12.9. The molecule has 1 aromatic carbocycles. The van der Waals surface area contributed by atoms with E-state index in [0.717, 1.165) is 28.4 Å². The number of benzene rings is 1. The molecule has 156 valence electrons. The van der Waals surface area contributed by atoms with Gasteiger partial charge < -0.3 is 14.6 Å². The van der Waals surface area contributed by atoms with Crippen molar-refractivity contribution in [3.63, 3.8) is 0 Å². The summed E-state index contributed by atoms with van der Waals surface area (Å²) in [4.78, 5) is 27.9. The van der Waals surface area contributed by atoms with Crippen LogP contribution in [0.3, 0.4) is 0 Å². The normalized spacial score (nSPS) is 16.5. The Hall–Kier alpha value is -3.00. The molecule has 1 atom stereocenters. The van der Waals surface area contributed by atoms with Crippen molar-refractivity contribution in [1.82, 2.24) is 15.1 Å². The zero-order valence-corrected chi connectivity index (χ0v) is 18.1. The Morgan fingerprint density at radius 1 is 1.17 bits per heavy atom. The van der Waals surface area contributed by atoms with Crippen molar-refractivity contribution in [1.29, 1.82) is 0 Å². The van der Waals surface area contributed by atoms with E-state index in [4.69, 9.17) is 4.42 Å². The quantitative estimate of drug-likeness (QED) is 0.672. The zero-order valence-electron chi connectivity index (χ0n) is 17.3. The lowest BCUT2D eigenvalue weighted by molar-refractivity contribution is -0.121. The van der Waals surface area contributed by atoms with Gasteiger partial charge in [0.2, 0.25) is 5.91 Å². The minimum Gasteiger partial charge on any atom is -0.466 e. The van der Waals surface area contributed by atoms with Crippen LogP contribution in [-0.2, 0) is 4.79 Å². The van der Waals surface area contributed by atoms with Crippen molar-refractivity contribution >= 4 is 28.8 Å². The maximum Gasteiger partial charge on any atom is 0.258 e. The maximum atomic E-state index is 13.1. The average molecular weight is 425 g/mol. The molecule has 0 aliphatic carbocycles. The first-order valence-electron chi connectivity index (χ1n) is 10.0. The van der Waals surface area contributed by atoms with Crippen LogP contribution >= 0.6 is 11.3 Å². The number of likely N-dealkylation sites (tertiary alicyclic amines) is 1. The summed E-state index contributed by atoms with van der Waals surface area (Å²) in [6.07, 6.45) is 2.44. The van der Waals surface area contributed by atoms with E-state index in [2.05, 4.69) is 15.5 Å². The van der Waals surface area contributed by atoms with Crippen molar-refractivity contribution in [3.8, 4) is 10.6 Å². The summed E-state index contributed by atoms with van der Waals surface area (Å²) >= 11 is 1.51. The number of hydrogen-bond donors (Lipinski definition) is 1. The number of nitrogens with zero attached hydrogens (tertiary/aromatic N) is 3. The van der Waals surface area contributed by atoms with Gasteiger partial charge in [0.15, 0.2) is 0 Å². The Bertz CT molecular complexity index is 1090. The number of hydrogen-bond acceptors (Lipinski definition) is 6. The second kappa shape index (κ2) is 8.39. The number of piperidine rings is 1. The number of carbonyl (C=O) groups excluding carboxylic acids is 2. The molecule has 0 unspecified atom stereocenters. The van der Waals surface area contributed by atoms with Gasteiger partial charge in [-0.15, -0.1) is 10.2 Å². The van der Waals surface area contributed by atoms with Gasteiger partial charge in [-0.1, -0.05) is 23.5 Å². The highest BCUT2D eigenvalue weighted by Crippen LogP contribution is 2.27. The summed E-state index contributed by atoms with van der Waals surface area (Å²) in [5.74, 6) is 0.952. The molecule has 2 amide bonds. The first-order chi connectivity index (χ1) is 14.4. The van der Waals surface area contributed by atoms with Crippen LogP contribution in [0.25, 0.3) is 10.6 Å². The molecule has 1 saturated heterocycles. The summed E-state index contributed by atoms with van der Waals surface area (Å²) in [5.41, 5.74) is 2.11. The second-order valence-corrected chi connectivity index (χ2v) is 8.71. The first kappa shape index (κ1) is 20.3. The van der Waals surface area contributed by atoms with Crippen molar-refractivity contribution < 1.29 is 14.0 Å². The van der Waals surface area contributed by atoms with Gasteiger partial charge in [0.05, 0.1) is 5.56 Å². The molecular weight excluding hydrogens is 400 g/mol. The van der Waals surface area contributed by atoms with Crippen LogP contribution in [0, 0.1) is 20.8 Å². The SMILES string of the molecule is Cc1cc(C(=O)N2CCCC[C@H]2C(=O)Nc2cccc(-c3nnc(C)s3)c2)c(C)o1. The van der Waals surface area contributed by atoms with Gasteiger partial charge in [0, 0.05) is 17.8 Å². The molecule has 2 aromatic heterocycles. The van der Waals surface area contributed by atoms with Crippen molar-refractivity contribution in [2.45, 2.75) is 46.1 Å². The van der Waals surface area contributed by atoms with Crippen LogP contribution in [0.2, 0.25) is 0 Å². The van der Waals surface area contributed by atoms with Crippen LogP contribution in [-0.4, -0.2) is 39.5 Å². The highest BCUT2D eigenvalue weighted by atomic mass is 32.1. The molecule has 0 radical (unpaired) electrons. The van der Waals surface area contributed by atoms with Crippen molar-refractivity contribution in [2.24, 2.45) is 0 Å². The molecule has 0 bridgehead atoms. The fourth-order valence-electron chi connectivity index (χ4n) is 3.81. The summed E-state index contributed by atoms with van der Waals surface area (Å²) in [6, 6.07) is 8.78. The smallest absolute Gasteiger partial charge is 0.258 e. The maximum absolute atomic E-state index is 13.1. The molecular formula is C22H24N4O3S. The van der Waals surface area contributed by atoms with E-state index in [1.807, 2.05) is 38.1 Å².